The predicted octanol–water partition coefficient (Wildman–Crippen LogP) is 6.22. The van der Waals surface area contributed by atoms with Crippen molar-refractivity contribution >= 4 is 6.29 Å². The molecule has 0 aromatic heterocycles. The van der Waals surface area contributed by atoms with Gasteiger partial charge in [-0.25, -0.2) is 0 Å². The topological polar surface area (TPSA) is 17.1 Å². The highest BCUT2D eigenvalue weighted by Crippen LogP contribution is 2.09. The van der Waals surface area contributed by atoms with Crippen LogP contribution >= 0.6 is 0 Å². The van der Waals surface area contributed by atoms with Crippen molar-refractivity contribution < 1.29 is 4.79 Å². The summed E-state index contributed by atoms with van der Waals surface area (Å²) in [6, 6.07) is 0. The smallest absolute Gasteiger partial charge is 0.119 e. The molecule has 0 amide bonds. The zero-order valence-corrected chi connectivity index (χ0v) is 13.0. The van der Waals surface area contributed by atoms with E-state index in [-0.39, 0.29) is 0 Å². The van der Waals surface area contributed by atoms with E-state index in [0.717, 1.165) is 19.1 Å². The number of hydrogen-bond acceptors (Lipinski definition) is 1. The van der Waals surface area contributed by atoms with Gasteiger partial charge in [-0.3, -0.25) is 0 Å². The summed E-state index contributed by atoms with van der Waals surface area (Å²) in [5.74, 6) is 0. The van der Waals surface area contributed by atoms with E-state index in [0.29, 0.717) is 0 Å². The van der Waals surface area contributed by atoms with Crippen LogP contribution in [-0.4, -0.2) is 6.29 Å². The van der Waals surface area contributed by atoms with Crippen molar-refractivity contribution in [3.8, 4) is 0 Å². The van der Waals surface area contributed by atoms with Crippen LogP contribution in [0.4, 0.5) is 0 Å². The van der Waals surface area contributed by atoms with Gasteiger partial charge >= 0.3 is 0 Å². The second-order valence-electron chi connectivity index (χ2n) is 5.54. The van der Waals surface area contributed by atoms with Gasteiger partial charge in [0.1, 0.15) is 6.29 Å². The monoisotopic (exact) mass is 266 g/mol. The van der Waals surface area contributed by atoms with Crippen molar-refractivity contribution in [2.75, 3.05) is 0 Å². The van der Waals surface area contributed by atoms with E-state index in [9.17, 15) is 4.79 Å². The van der Waals surface area contributed by atoms with Crippen LogP contribution < -0.4 is 0 Å². The fourth-order valence-electron chi connectivity index (χ4n) is 2.30. The minimum atomic E-state index is 0.748. The van der Waals surface area contributed by atoms with Gasteiger partial charge in [-0.15, -0.1) is 0 Å². The largest absolute Gasteiger partial charge is 0.303 e. The summed E-state index contributed by atoms with van der Waals surface area (Å²) in [7, 11) is 0. The molecule has 0 aliphatic carbocycles. The summed E-state index contributed by atoms with van der Waals surface area (Å²) in [5, 5.41) is 0. The molecule has 0 heterocycles. The van der Waals surface area contributed by atoms with Gasteiger partial charge in [0.2, 0.25) is 0 Å². The normalized spacial score (nSPS) is 11.2. The summed E-state index contributed by atoms with van der Waals surface area (Å²) >= 11 is 0. The molecule has 1 heteroatoms. The third-order valence-electron chi connectivity index (χ3n) is 3.58. The fraction of sp³-hybridized carbons (Fsp3) is 0.833. The first-order valence-electron chi connectivity index (χ1n) is 8.50. The zero-order valence-electron chi connectivity index (χ0n) is 13.0. The van der Waals surface area contributed by atoms with E-state index in [4.69, 9.17) is 0 Å². The van der Waals surface area contributed by atoms with Crippen LogP contribution in [0.2, 0.25) is 0 Å². The highest BCUT2D eigenvalue weighted by Gasteiger charge is 1.90. The van der Waals surface area contributed by atoms with E-state index in [2.05, 4.69) is 19.1 Å². The van der Waals surface area contributed by atoms with Crippen LogP contribution in [0.3, 0.4) is 0 Å². The lowest BCUT2D eigenvalue weighted by molar-refractivity contribution is -0.107. The second kappa shape index (κ2) is 17.4. The van der Waals surface area contributed by atoms with Gasteiger partial charge in [0, 0.05) is 6.42 Å². The second-order valence-corrected chi connectivity index (χ2v) is 5.54. The Labute approximate surface area is 120 Å². The Kier molecular flexibility index (Phi) is 16.9. The Morgan fingerprint density at radius 3 is 1.47 bits per heavy atom. The summed E-state index contributed by atoms with van der Waals surface area (Å²) < 4.78 is 0. The average Bonchev–Trinajstić information content (AvgIpc) is 2.43. The first-order chi connectivity index (χ1) is 9.41. The van der Waals surface area contributed by atoms with E-state index in [1.54, 1.807) is 0 Å². The Bertz CT molecular complexity index is 196. The maximum atomic E-state index is 10.1. The van der Waals surface area contributed by atoms with Crippen molar-refractivity contribution in [3.05, 3.63) is 12.2 Å². The molecule has 1 nitrogen and oxygen atoms in total. The van der Waals surface area contributed by atoms with Crippen molar-refractivity contribution in [3.63, 3.8) is 0 Å². The van der Waals surface area contributed by atoms with Gasteiger partial charge in [0.05, 0.1) is 0 Å². The van der Waals surface area contributed by atoms with E-state index in [1.807, 2.05) is 0 Å². The molecular weight excluding hydrogens is 232 g/mol. The van der Waals surface area contributed by atoms with Crippen LogP contribution in [0.25, 0.3) is 0 Å². The van der Waals surface area contributed by atoms with Gasteiger partial charge in [-0.1, -0.05) is 70.4 Å². The quantitative estimate of drug-likeness (QED) is 0.195. The van der Waals surface area contributed by atoms with Crippen LogP contribution in [-0.2, 0) is 4.79 Å². The Balaban J connectivity index is 3.03. The number of carbonyl (C=O) groups excluding carboxylic acids is 1. The van der Waals surface area contributed by atoms with Crippen LogP contribution in [0.1, 0.15) is 96.8 Å². The highest BCUT2D eigenvalue weighted by atomic mass is 16.1. The Morgan fingerprint density at radius 1 is 0.579 bits per heavy atom. The third-order valence-corrected chi connectivity index (χ3v) is 3.58. The van der Waals surface area contributed by atoms with Gasteiger partial charge < -0.3 is 4.79 Å². The fourth-order valence-corrected chi connectivity index (χ4v) is 2.30. The Morgan fingerprint density at radius 2 is 1.00 bits per heavy atom. The zero-order chi connectivity index (χ0) is 14.0. The maximum absolute atomic E-state index is 10.1. The molecule has 0 saturated heterocycles. The van der Waals surface area contributed by atoms with Gasteiger partial charge in [0.15, 0.2) is 0 Å². The summed E-state index contributed by atoms with van der Waals surface area (Å²) in [5.41, 5.74) is 0. The average molecular weight is 266 g/mol. The summed E-state index contributed by atoms with van der Waals surface area (Å²) in [6.07, 6.45) is 23.6. The van der Waals surface area contributed by atoms with Crippen LogP contribution in [0.15, 0.2) is 12.2 Å². The number of unbranched alkanes of at least 4 members (excludes halogenated alkanes) is 12. The summed E-state index contributed by atoms with van der Waals surface area (Å²) in [4.78, 5) is 10.1. The van der Waals surface area contributed by atoms with Crippen molar-refractivity contribution in [2.45, 2.75) is 96.8 Å². The van der Waals surface area contributed by atoms with Gasteiger partial charge in [-0.2, -0.15) is 0 Å². The molecule has 0 aromatic carbocycles. The molecule has 0 aliphatic rings. The van der Waals surface area contributed by atoms with Crippen LogP contribution in [0.5, 0.6) is 0 Å². The molecule has 0 rings (SSSR count). The molecular formula is C18H34O. The lowest BCUT2D eigenvalue weighted by Gasteiger charge is -1.98. The number of carbonyl (C=O) groups is 1. The molecule has 0 saturated carbocycles. The van der Waals surface area contributed by atoms with E-state index in [1.165, 1.54) is 77.0 Å². The van der Waals surface area contributed by atoms with E-state index < -0.39 is 0 Å². The minimum Gasteiger partial charge on any atom is -0.303 e. The molecule has 0 unspecified atom stereocenters. The molecule has 0 bridgehead atoms. The number of allylic oxidation sites excluding steroid dienone is 2. The first kappa shape index (κ1) is 18.4. The summed E-state index contributed by atoms with van der Waals surface area (Å²) in [6.45, 7) is 2.27. The molecule has 112 valence electrons. The van der Waals surface area contributed by atoms with Gasteiger partial charge in [0.25, 0.3) is 0 Å². The highest BCUT2D eigenvalue weighted by molar-refractivity contribution is 5.48. The number of hydrogen-bond donors (Lipinski definition) is 0. The maximum Gasteiger partial charge on any atom is 0.119 e. The van der Waals surface area contributed by atoms with Gasteiger partial charge in [-0.05, 0) is 32.1 Å². The SMILES string of the molecule is CCCCCCCC/C=C\CCCCCCCC=O. The molecule has 0 N–H and O–H groups in total. The van der Waals surface area contributed by atoms with Crippen molar-refractivity contribution in [2.24, 2.45) is 0 Å². The number of aldehydes is 1. The lowest BCUT2D eigenvalue weighted by Crippen LogP contribution is -1.80. The predicted molar refractivity (Wildman–Crippen MR) is 85.5 cm³/mol. The van der Waals surface area contributed by atoms with Crippen LogP contribution in [0, 0.1) is 0 Å². The van der Waals surface area contributed by atoms with E-state index >= 15 is 0 Å². The third kappa shape index (κ3) is 17.4. The first-order valence-corrected chi connectivity index (χ1v) is 8.50. The molecule has 0 fully saturated rings. The molecule has 0 radical (unpaired) electrons. The van der Waals surface area contributed by atoms with Crippen molar-refractivity contribution in [1.29, 1.82) is 0 Å². The molecule has 19 heavy (non-hydrogen) atoms. The standard InChI is InChI=1S/C18H34O/c1-2-3-4-5-6-7-8-9-10-11-12-13-14-15-16-17-18-19/h9-10,18H,2-8,11-17H2,1H3/b10-9-. The van der Waals surface area contributed by atoms with Crippen molar-refractivity contribution in [1.82, 2.24) is 0 Å². The number of rotatable bonds is 15. The lowest BCUT2D eigenvalue weighted by atomic mass is 10.1. The molecule has 0 aromatic rings. The molecule has 0 aliphatic heterocycles. The molecule has 0 spiro atoms. The minimum absolute atomic E-state index is 0.748. The Hall–Kier alpha value is -0.590. The molecule has 0 atom stereocenters.